The number of benzene rings is 1. The average molecular weight is 211 g/mol. The van der Waals surface area contributed by atoms with E-state index in [-0.39, 0.29) is 0 Å². The van der Waals surface area contributed by atoms with Crippen molar-refractivity contribution in [2.45, 2.75) is 26.7 Å². The summed E-state index contributed by atoms with van der Waals surface area (Å²) < 4.78 is 0. The van der Waals surface area contributed by atoms with Crippen molar-refractivity contribution in [2.75, 3.05) is 0 Å². The fraction of sp³-hybridized carbons (Fsp3) is 0.364. The highest BCUT2D eigenvalue weighted by atomic mass is 35.5. The number of nitrogens with two attached hydrogens (primary N) is 1. The lowest BCUT2D eigenvalue weighted by Gasteiger charge is -2.01. The standard InChI is InChI=1S/C11H15ClN2/c1-3-4-11(13)14-10-6-5-8(2)7-9(10)12/h5-7H,3-4H2,1-2H3,(H2,13,14). The molecule has 1 aromatic carbocycles. The molecular formula is C11H15ClN2. The third-order valence-corrected chi connectivity index (χ3v) is 2.18. The van der Waals surface area contributed by atoms with Crippen molar-refractivity contribution in [3.63, 3.8) is 0 Å². The predicted octanol–water partition coefficient (Wildman–Crippen LogP) is 3.44. The van der Waals surface area contributed by atoms with Crippen molar-refractivity contribution in [1.82, 2.24) is 0 Å². The van der Waals surface area contributed by atoms with Crippen LogP contribution >= 0.6 is 11.6 Å². The maximum Gasteiger partial charge on any atom is 0.0996 e. The van der Waals surface area contributed by atoms with Gasteiger partial charge in [0.1, 0.15) is 0 Å². The molecule has 76 valence electrons. The van der Waals surface area contributed by atoms with Gasteiger partial charge >= 0.3 is 0 Å². The molecule has 14 heavy (non-hydrogen) atoms. The van der Waals surface area contributed by atoms with E-state index in [1.807, 2.05) is 25.1 Å². The Hall–Kier alpha value is -1.02. The quantitative estimate of drug-likeness (QED) is 0.603. The number of rotatable bonds is 3. The minimum Gasteiger partial charge on any atom is -0.387 e. The SMILES string of the molecule is CCCC(N)=Nc1ccc(C)cc1Cl. The molecule has 3 heteroatoms. The molecule has 1 rings (SSSR count). The Morgan fingerprint density at radius 1 is 1.50 bits per heavy atom. The molecule has 0 saturated carbocycles. The maximum atomic E-state index is 6.01. The topological polar surface area (TPSA) is 38.4 Å². The molecule has 0 aromatic heterocycles. The summed E-state index contributed by atoms with van der Waals surface area (Å²) in [6.45, 7) is 4.06. The second kappa shape index (κ2) is 5.01. The number of hydrogen-bond donors (Lipinski definition) is 1. The van der Waals surface area contributed by atoms with Crippen LogP contribution < -0.4 is 5.73 Å². The summed E-state index contributed by atoms with van der Waals surface area (Å²) in [5.74, 6) is 0.637. The smallest absolute Gasteiger partial charge is 0.0996 e. The highest BCUT2D eigenvalue weighted by Gasteiger charge is 1.99. The van der Waals surface area contributed by atoms with Gasteiger partial charge in [0.15, 0.2) is 0 Å². The lowest BCUT2D eigenvalue weighted by Crippen LogP contribution is -2.09. The zero-order valence-electron chi connectivity index (χ0n) is 8.55. The summed E-state index contributed by atoms with van der Waals surface area (Å²) in [5, 5.41) is 0.657. The number of aliphatic imine (C=N–C) groups is 1. The zero-order chi connectivity index (χ0) is 10.6. The van der Waals surface area contributed by atoms with E-state index in [9.17, 15) is 0 Å². The summed E-state index contributed by atoms with van der Waals surface area (Å²) >= 11 is 6.01. The molecular weight excluding hydrogens is 196 g/mol. The molecule has 2 N–H and O–H groups in total. The number of halogens is 1. The van der Waals surface area contributed by atoms with Gasteiger partial charge in [-0.05, 0) is 31.0 Å². The number of aryl methyl sites for hydroxylation is 1. The second-order valence-electron chi connectivity index (χ2n) is 3.31. The molecule has 0 fully saturated rings. The lowest BCUT2D eigenvalue weighted by atomic mass is 10.2. The average Bonchev–Trinajstić information content (AvgIpc) is 2.10. The summed E-state index contributed by atoms with van der Waals surface area (Å²) in [5.41, 5.74) is 7.60. The summed E-state index contributed by atoms with van der Waals surface area (Å²) in [4.78, 5) is 4.25. The van der Waals surface area contributed by atoms with Crippen LogP contribution in [0.1, 0.15) is 25.3 Å². The van der Waals surface area contributed by atoms with Gasteiger partial charge in [0.2, 0.25) is 0 Å². The molecule has 0 aliphatic rings. The molecule has 1 aromatic rings. The minimum absolute atomic E-state index is 0.637. The molecule has 2 nitrogen and oxygen atoms in total. The Morgan fingerprint density at radius 2 is 2.21 bits per heavy atom. The zero-order valence-corrected chi connectivity index (χ0v) is 9.30. The van der Waals surface area contributed by atoms with Gasteiger partial charge < -0.3 is 5.73 Å². The van der Waals surface area contributed by atoms with Gasteiger partial charge in [0, 0.05) is 6.42 Å². The van der Waals surface area contributed by atoms with Crippen LogP contribution in [0.5, 0.6) is 0 Å². The summed E-state index contributed by atoms with van der Waals surface area (Å²) in [6, 6.07) is 5.75. The van der Waals surface area contributed by atoms with E-state index in [2.05, 4.69) is 11.9 Å². The number of nitrogens with zero attached hydrogens (tertiary/aromatic N) is 1. The first kappa shape index (κ1) is 11.1. The van der Waals surface area contributed by atoms with Crippen molar-refractivity contribution in [3.8, 4) is 0 Å². The Balaban J connectivity index is 2.91. The van der Waals surface area contributed by atoms with Gasteiger partial charge in [0.05, 0.1) is 16.5 Å². The minimum atomic E-state index is 0.637. The Kier molecular flexibility index (Phi) is 3.96. The monoisotopic (exact) mass is 210 g/mol. The number of amidine groups is 1. The first-order valence-corrected chi connectivity index (χ1v) is 5.10. The maximum absolute atomic E-state index is 6.01. The Morgan fingerprint density at radius 3 is 2.79 bits per heavy atom. The molecule has 0 bridgehead atoms. The van der Waals surface area contributed by atoms with E-state index >= 15 is 0 Å². The molecule has 0 atom stereocenters. The highest BCUT2D eigenvalue weighted by molar-refractivity contribution is 6.33. The summed E-state index contributed by atoms with van der Waals surface area (Å²) in [7, 11) is 0. The molecule has 0 unspecified atom stereocenters. The van der Waals surface area contributed by atoms with Crippen LogP contribution in [-0.2, 0) is 0 Å². The van der Waals surface area contributed by atoms with E-state index < -0.39 is 0 Å². The predicted molar refractivity (Wildman–Crippen MR) is 62.4 cm³/mol. The van der Waals surface area contributed by atoms with Gasteiger partial charge in [-0.25, -0.2) is 4.99 Å². The van der Waals surface area contributed by atoms with Gasteiger partial charge in [-0.1, -0.05) is 24.6 Å². The van der Waals surface area contributed by atoms with Gasteiger partial charge in [0.25, 0.3) is 0 Å². The van der Waals surface area contributed by atoms with Gasteiger partial charge in [-0.3, -0.25) is 0 Å². The first-order chi connectivity index (χ1) is 6.63. The Labute approximate surface area is 89.8 Å². The molecule has 0 radical (unpaired) electrons. The largest absolute Gasteiger partial charge is 0.387 e. The molecule has 0 heterocycles. The van der Waals surface area contributed by atoms with E-state index in [0.29, 0.717) is 10.9 Å². The van der Waals surface area contributed by atoms with Crippen molar-refractivity contribution >= 4 is 23.1 Å². The Bertz CT molecular complexity index is 345. The van der Waals surface area contributed by atoms with Crippen molar-refractivity contribution < 1.29 is 0 Å². The fourth-order valence-corrected chi connectivity index (χ4v) is 1.45. The van der Waals surface area contributed by atoms with Gasteiger partial charge in [-0.15, -0.1) is 0 Å². The van der Waals surface area contributed by atoms with Crippen LogP contribution in [0.4, 0.5) is 5.69 Å². The third-order valence-electron chi connectivity index (χ3n) is 1.87. The van der Waals surface area contributed by atoms with Crippen molar-refractivity contribution in [3.05, 3.63) is 28.8 Å². The lowest BCUT2D eigenvalue weighted by molar-refractivity contribution is 0.983. The van der Waals surface area contributed by atoms with Crippen LogP contribution in [0.25, 0.3) is 0 Å². The van der Waals surface area contributed by atoms with E-state index in [4.69, 9.17) is 17.3 Å². The van der Waals surface area contributed by atoms with Crippen LogP contribution in [-0.4, -0.2) is 5.84 Å². The van der Waals surface area contributed by atoms with E-state index in [1.54, 1.807) is 0 Å². The number of hydrogen-bond acceptors (Lipinski definition) is 1. The normalized spacial score (nSPS) is 11.8. The third kappa shape index (κ3) is 3.04. The van der Waals surface area contributed by atoms with Crippen LogP contribution in [0.3, 0.4) is 0 Å². The van der Waals surface area contributed by atoms with Crippen molar-refractivity contribution in [1.29, 1.82) is 0 Å². The molecule has 0 aliphatic carbocycles. The summed E-state index contributed by atoms with van der Waals surface area (Å²) in [6.07, 6.45) is 1.81. The van der Waals surface area contributed by atoms with Crippen LogP contribution in [0.15, 0.2) is 23.2 Å². The highest BCUT2D eigenvalue weighted by Crippen LogP contribution is 2.25. The molecule has 0 amide bonds. The van der Waals surface area contributed by atoms with Crippen LogP contribution in [0.2, 0.25) is 5.02 Å². The van der Waals surface area contributed by atoms with Crippen LogP contribution in [0, 0.1) is 6.92 Å². The molecule has 0 spiro atoms. The van der Waals surface area contributed by atoms with E-state index in [0.717, 1.165) is 24.1 Å². The fourth-order valence-electron chi connectivity index (χ4n) is 1.17. The second-order valence-corrected chi connectivity index (χ2v) is 3.72. The van der Waals surface area contributed by atoms with Gasteiger partial charge in [-0.2, -0.15) is 0 Å². The first-order valence-electron chi connectivity index (χ1n) is 4.72. The molecule has 0 saturated heterocycles. The molecule has 0 aliphatic heterocycles. The van der Waals surface area contributed by atoms with E-state index in [1.165, 1.54) is 0 Å². The van der Waals surface area contributed by atoms with Crippen molar-refractivity contribution in [2.24, 2.45) is 10.7 Å².